The third-order valence-electron chi connectivity index (χ3n) is 1.89. The van der Waals surface area contributed by atoms with Crippen molar-refractivity contribution in [2.75, 3.05) is 26.2 Å². The average molecular weight is 197 g/mol. The molecule has 3 nitrogen and oxygen atoms in total. The van der Waals surface area contributed by atoms with Gasteiger partial charge in [0.05, 0.1) is 0 Å². The predicted molar refractivity (Wildman–Crippen MR) is 55.2 cm³/mol. The van der Waals surface area contributed by atoms with Crippen molar-refractivity contribution in [2.45, 2.75) is 32.1 Å². The molecule has 5 N–H and O–H groups in total. The van der Waals surface area contributed by atoms with Crippen LogP contribution in [-0.2, 0) is 0 Å². The van der Waals surface area contributed by atoms with Gasteiger partial charge in [-0.15, -0.1) is 0 Å². The maximum Gasteiger partial charge on any atom is 1.00 e. The molecule has 0 aromatic rings. The van der Waals surface area contributed by atoms with E-state index in [1.54, 1.807) is 0 Å². The first-order valence-electron chi connectivity index (χ1n) is 5.02. The smallest absolute Gasteiger partial charge is 1.00 e. The van der Waals surface area contributed by atoms with E-state index >= 15 is 0 Å². The van der Waals surface area contributed by atoms with E-state index in [9.17, 15) is 0 Å². The van der Waals surface area contributed by atoms with Gasteiger partial charge in [0.25, 0.3) is 0 Å². The first-order valence-corrected chi connectivity index (χ1v) is 5.02. The van der Waals surface area contributed by atoms with Gasteiger partial charge in [0, 0.05) is 26.2 Å². The number of hydrogen-bond donors (Lipinski definition) is 3. The summed E-state index contributed by atoms with van der Waals surface area (Å²) in [4.78, 5) is 0. The minimum absolute atomic E-state index is 0. The molecule has 0 aromatic carbocycles. The summed E-state index contributed by atoms with van der Waals surface area (Å²) in [5.41, 5.74) is 10.3. The molecule has 0 heterocycles. The van der Waals surface area contributed by atoms with Gasteiger partial charge >= 0.3 is 29.6 Å². The van der Waals surface area contributed by atoms with Crippen LogP contribution in [0.3, 0.4) is 0 Å². The molecule has 0 aliphatic heterocycles. The Labute approximate surface area is 106 Å². The SMILES string of the molecule is C1CCCC1.NCCNCCN.[H-].[Na+]. The third-order valence-corrected chi connectivity index (χ3v) is 1.89. The Morgan fingerprint density at radius 3 is 1.38 bits per heavy atom. The maximum atomic E-state index is 5.17. The van der Waals surface area contributed by atoms with Gasteiger partial charge < -0.3 is 18.2 Å². The van der Waals surface area contributed by atoms with E-state index in [1.807, 2.05) is 0 Å². The summed E-state index contributed by atoms with van der Waals surface area (Å²) in [6.07, 6.45) is 7.50. The fourth-order valence-corrected chi connectivity index (χ4v) is 1.21. The minimum atomic E-state index is 0. The Hall–Kier alpha value is 0.880. The summed E-state index contributed by atoms with van der Waals surface area (Å²) in [6.45, 7) is 3.13. The van der Waals surface area contributed by atoms with Gasteiger partial charge in [-0.2, -0.15) is 0 Å². The molecule has 0 bridgehead atoms. The number of rotatable bonds is 4. The molecule has 0 spiro atoms. The van der Waals surface area contributed by atoms with E-state index in [1.165, 1.54) is 32.1 Å². The normalized spacial score (nSPS) is 14.3. The van der Waals surface area contributed by atoms with E-state index in [4.69, 9.17) is 11.5 Å². The van der Waals surface area contributed by atoms with Crippen LogP contribution >= 0.6 is 0 Å². The van der Waals surface area contributed by atoms with Crippen molar-refractivity contribution >= 4 is 0 Å². The van der Waals surface area contributed by atoms with Crippen molar-refractivity contribution in [3.05, 3.63) is 0 Å². The first-order chi connectivity index (χ1) is 5.91. The van der Waals surface area contributed by atoms with Gasteiger partial charge in [-0.3, -0.25) is 0 Å². The fourth-order valence-electron chi connectivity index (χ4n) is 1.21. The second-order valence-corrected chi connectivity index (χ2v) is 3.10. The van der Waals surface area contributed by atoms with Crippen molar-refractivity contribution in [1.82, 2.24) is 5.32 Å². The van der Waals surface area contributed by atoms with Crippen molar-refractivity contribution < 1.29 is 31.0 Å². The van der Waals surface area contributed by atoms with Crippen LogP contribution in [0.5, 0.6) is 0 Å². The monoisotopic (exact) mass is 197 g/mol. The summed E-state index contributed by atoms with van der Waals surface area (Å²) in [5, 5.41) is 3.03. The molecule has 76 valence electrons. The summed E-state index contributed by atoms with van der Waals surface area (Å²) >= 11 is 0. The molecule has 13 heavy (non-hydrogen) atoms. The molecule has 0 radical (unpaired) electrons. The maximum absolute atomic E-state index is 5.17. The zero-order chi connectivity index (χ0) is 9.07. The van der Waals surface area contributed by atoms with Crippen LogP contribution in [0.15, 0.2) is 0 Å². The molecule has 4 heteroatoms. The van der Waals surface area contributed by atoms with Crippen LogP contribution in [0, 0.1) is 0 Å². The Morgan fingerprint density at radius 1 is 0.846 bits per heavy atom. The van der Waals surface area contributed by atoms with Crippen molar-refractivity contribution in [3.8, 4) is 0 Å². The second kappa shape index (κ2) is 15.4. The van der Waals surface area contributed by atoms with Gasteiger partial charge in [-0.25, -0.2) is 0 Å². The van der Waals surface area contributed by atoms with Crippen LogP contribution in [0.25, 0.3) is 0 Å². The third kappa shape index (κ3) is 15.6. The Morgan fingerprint density at radius 2 is 1.15 bits per heavy atom. The molecule has 1 aliphatic rings. The van der Waals surface area contributed by atoms with E-state index in [0.29, 0.717) is 13.1 Å². The topological polar surface area (TPSA) is 64.1 Å². The number of hydrogen-bond acceptors (Lipinski definition) is 3. The van der Waals surface area contributed by atoms with E-state index in [0.717, 1.165) is 13.1 Å². The van der Waals surface area contributed by atoms with E-state index in [2.05, 4.69) is 5.32 Å². The molecule has 0 unspecified atom stereocenters. The van der Waals surface area contributed by atoms with Crippen molar-refractivity contribution in [2.24, 2.45) is 11.5 Å². The summed E-state index contributed by atoms with van der Waals surface area (Å²) < 4.78 is 0. The predicted octanol–water partition coefficient (Wildman–Crippen LogP) is -2.44. The van der Waals surface area contributed by atoms with Crippen LogP contribution in [0.1, 0.15) is 33.5 Å². The van der Waals surface area contributed by atoms with Gasteiger partial charge in [-0.05, 0) is 0 Å². The Kier molecular flexibility index (Phi) is 19.3. The molecular weight excluding hydrogens is 173 g/mol. The van der Waals surface area contributed by atoms with Gasteiger partial charge in [-0.1, -0.05) is 32.1 Å². The van der Waals surface area contributed by atoms with Gasteiger partial charge in [0.2, 0.25) is 0 Å². The molecule has 0 saturated heterocycles. The molecule has 0 amide bonds. The Bertz CT molecular complexity index is 70.8. The quantitative estimate of drug-likeness (QED) is 0.347. The number of nitrogens with two attached hydrogens (primary N) is 2. The zero-order valence-electron chi connectivity index (χ0n) is 10.0. The molecular formula is C9H24N3Na. The minimum Gasteiger partial charge on any atom is -1.00 e. The van der Waals surface area contributed by atoms with Crippen molar-refractivity contribution in [3.63, 3.8) is 0 Å². The van der Waals surface area contributed by atoms with Crippen LogP contribution in [-0.4, -0.2) is 26.2 Å². The molecule has 0 aromatic heterocycles. The van der Waals surface area contributed by atoms with Gasteiger partial charge in [0.1, 0.15) is 0 Å². The Balaban J connectivity index is -0.000000155. The first kappa shape index (κ1) is 16.3. The molecule has 1 aliphatic carbocycles. The van der Waals surface area contributed by atoms with Gasteiger partial charge in [0.15, 0.2) is 0 Å². The summed E-state index contributed by atoms with van der Waals surface area (Å²) in [5.74, 6) is 0. The van der Waals surface area contributed by atoms with E-state index in [-0.39, 0.29) is 31.0 Å². The number of nitrogens with one attached hydrogen (secondary N) is 1. The summed E-state index contributed by atoms with van der Waals surface area (Å²) in [7, 11) is 0. The van der Waals surface area contributed by atoms with Crippen LogP contribution < -0.4 is 46.3 Å². The van der Waals surface area contributed by atoms with Crippen LogP contribution in [0.2, 0.25) is 0 Å². The largest absolute Gasteiger partial charge is 1.00 e. The van der Waals surface area contributed by atoms with E-state index < -0.39 is 0 Å². The molecule has 1 saturated carbocycles. The molecule has 0 atom stereocenters. The van der Waals surface area contributed by atoms with Crippen LogP contribution in [0.4, 0.5) is 0 Å². The second-order valence-electron chi connectivity index (χ2n) is 3.10. The average Bonchev–Trinajstić information content (AvgIpc) is 2.62. The standard InChI is InChI=1S/C5H10.C4H13N3.Na.H/c1-2-4-5-3-1;5-1-3-7-4-2-6;;/h1-5H2;7H,1-6H2;;/q;;+1;-1. The fraction of sp³-hybridized carbons (Fsp3) is 1.00. The summed E-state index contributed by atoms with van der Waals surface area (Å²) in [6, 6.07) is 0. The molecule has 1 rings (SSSR count). The molecule has 1 fully saturated rings. The zero-order valence-corrected chi connectivity index (χ0v) is 11.0. The van der Waals surface area contributed by atoms with Crippen molar-refractivity contribution in [1.29, 1.82) is 0 Å².